The Balaban J connectivity index is 4.15. The molecule has 0 saturated carbocycles. The number of hydrogen-bond acceptors (Lipinski definition) is 4. The highest BCUT2D eigenvalue weighted by Gasteiger charge is 2.30. The topological polar surface area (TPSA) is 58.2 Å². The van der Waals surface area contributed by atoms with E-state index in [1.54, 1.807) is 6.92 Å². The second-order valence-corrected chi connectivity index (χ2v) is 8.19. The third kappa shape index (κ3) is 10.9. The Labute approximate surface area is 161 Å². The van der Waals surface area contributed by atoms with E-state index in [0.717, 1.165) is 38.5 Å². The van der Waals surface area contributed by atoms with Gasteiger partial charge in [0.1, 0.15) is 5.78 Å². The summed E-state index contributed by atoms with van der Waals surface area (Å²) < 4.78 is 0. The van der Waals surface area contributed by atoms with Gasteiger partial charge in [0.2, 0.25) is 0 Å². The van der Waals surface area contributed by atoms with Crippen molar-refractivity contribution < 1.29 is 9.59 Å². The van der Waals surface area contributed by atoms with Gasteiger partial charge in [0.15, 0.2) is 5.78 Å². The summed E-state index contributed by atoms with van der Waals surface area (Å²) in [7, 11) is 0. The van der Waals surface area contributed by atoms with Crippen molar-refractivity contribution in [3.05, 3.63) is 12.2 Å². The average Bonchev–Trinajstić information content (AvgIpc) is 2.54. The van der Waals surface area contributed by atoms with E-state index in [1.807, 2.05) is 13.8 Å². The number of carbonyl (C=O) groups is 2. The summed E-state index contributed by atoms with van der Waals surface area (Å²) in [6, 6.07) is 0.616. The van der Waals surface area contributed by atoms with Crippen LogP contribution in [0.4, 0.5) is 0 Å². The van der Waals surface area contributed by atoms with E-state index in [1.165, 1.54) is 0 Å². The molecule has 152 valence electrons. The standard InChI is InChI=1S/C22H42N2O2/c1-8-21(26)22(7,24-18(4)5)16-14-12-10-9-11-13-15-20(19(6)25)23-17(2)3/h9-10,17-18,20,23-24H,8,11-16H2,1-7H3/b10-9+. The van der Waals surface area contributed by atoms with Crippen molar-refractivity contribution in [2.24, 2.45) is 0 Å². The molecule has 0 amide bonds. The van der Waals surface area contributed by atoms with Gasteiger partial charge in [0, 0.05) is 18.5 Å². The van der Waals surface area contributed by atoms with E-state index in [4.69, 9.17) is 0 Å². The van der Waals surface area contributed by atoms with Gasteiger partial charge in [-0.2, -0.15) is 0 Å². The molecule has 4 nitrogen and oxygen atoms in total. The van der Waals surface area contributed by atoms with E-state index in [9.17, 15) is 9.59 Å². The number of nitrogens with one attached hydrogen (secondary N) is 2. The van der Waals surface area contributed by atoms with Gasteiger partial charge >= 0.3 is 0 Å². The zero-order chi connectivity index (χ0) is 20.2. The molecular formula is C22H42N2O2. The lowest BCUT2D eigenvalue weighted by Gasteiger charge is -2.31. The van der Waals surface area contributed by atoms with Crippen molar-refractivity contribution in [3.8, 4) is 0 Å². The average molecular weight is 367 g/mol. The summed E-state index contributed by atoms with van der Waals surface area (Å²) in [6.45, 7) is 13.9. The van der Waals surface area contributed by atoms with Crippen LogP contribution in [0.15, 0.2) is 12.2 Å². The number of allylic oxidation sites excluding steroid dienone is 2. The monoisotopic (exact) mass is 366 g/mol. The summed E-state index contributed by atoms with van der Waals surface area (Å²) in [5.41, 5.74) is -0.409. The molecule has 0 saturated heterocycles. The van der Waals surface area contributed by atoms with E-state index < -0.39 is 5.54 Å². The molecule has 4 heteroatoms. The predicted octanol–water partition coefficient (Wildman–Crippen LogP) is 4.57. The molecule has 0 aliphatic carbocycles. The Morgan fingerprint density at radius 2 is 1.58 bits per heavy atom. The third-order valence-electron chi connectivity index (χ3n) is 4.65. The van der Waals surface area contributed by atoms with Gasteiger partial charge in [-0.25, -0.2) is 0 Å². The zero-order valence-electron chi connectivity index (χ0n) is 18.2. The van der Waals surface area contributed by atoms with Gasteiger partial charge in [0.25, 0.3) is 0 Å². The fourth-order valence-electron chi connectivity index (χ4n) is 3.37. The molecule has 0 aromatic heterocycles. The Morgan fingerprint density at radius 3 is 2.04 bits per heavy atom. The van der Waals surface area contributed by atoms with Crippen LogP contribution in [0.5, 0.6) is 0 Å². The Morgan fingerprint density at radius 1 is 1.00 bits per heavy atom. The number of hydrogen-bond donors (Lipinski definition) is 2. The normalized spacial score (nSPS) is 15.6. The maximum Gasteiger partial charge on any atom is 0.152 e. The van der Waals surface area contributed by atoms with Crippen molar-refractivity contribution in [3.63, 3.8) is 0 Å². The summed E-state index contributed by atoms with van der Waals surface area (Å²) in [5.74, 6) is 0.517. The fourth-order valence-corrected chi connectivity index (χ4v) is 3.37. The molecule has 0 rings (SSSR count). The van der Waals surface area contributed by atoms with E-state index in [2.05, 4.69) is 50.5 Å². The van der Waals surface area contributed by atoms with Crippen LogP contribution in [-0.2, 0) is 9.59 Å². The maximum atomic E-state index is 12.3. The highest BCUT2D eigenvalue weighted by Crippen LogP contribution is 2.18. The molecule has 0 fully saturated rings. The SMILES string of the molecule is CCC(=O)C(C)(CCC/C=C/CCCC(NC(C)C)C(C)=O)NC(C)C. The van der Waals surface area contributed by atoms with Gasteiger partial charge in [-0.15, -0.1) is 0 Å². The lowest BCUT2D eigenvalue weighted by molar-refractivity contribution is -0.125. The summed E-state index contributed by atoms with van der Waals surface area (Å²) in [4.78, 5) is 23.9. The lowest BCUT2D eigenvalue weighted by atomic mass is 9.88. The van der Waals surface area contributed by atoms with Gasteiger partial charge < -0.3 is 10.6 Å². The molecule has 26 heavy (non-hydrogen) atoms. The van der Waals surface area contributed by atoms with Crippen molar-refractivity contribution in [1.29, 1.82) is 0 Å². The molecule has 2 N–H and O–H groups in total. The van der Waals surface area contributed by atoms with Gasteiger partial charge in [0.05, 0.1) is 11.6 Å². The van der Waals surface area contributed by atoms with Crippen molar-refractivity contribution in [1.82, 2.24) is 10.6 Å². The van der Waals surface area contributed by atoms with Crippen LogP contribution in [-0.4, -0.2) is 35.2 Å². The molecule has 0 aromatic carbocycles. The number of unbranched alkanes of at least 4 members (excludes halogenated alkanes) is 2. The maximum absolute atomic E-state index is 12.3. The first-order valence-corrected chi connectivity index (χ1v) is 10.3. The molecule has 0 aliphatic heterocycles. The third-order valence-corrected chi connectivity index (χ3v) is 4.65. The van der Waals surface area contributed by atoms with E-state index in [-0.39, 0.29) is 11.8 Å². The van der Waals surface area contributed by atoms with Crippen LogP contribution >= 0.6 is 0 Å². The number of rotatable bonds is 15. The minimum atomic E-state index is -0.409. The van der Waals surface area contributed by atoms with Crippen molar-refractivity contribution in [2.45, 2.75) is 117 Å². The minimum absolute atomic E-state index is 0.0220. The smallest absolute Gasteiger partial charge is 0.152 e. The molecular weight excluding hydrogens is 324 g/mol. The molecule has 0 bridgehead atoms. The van der Waals surface area contributed by atoms with Crippen molar-refractivity contribution >= 4 is 11.6 Å². The van der Waals surface area contributed by atoms with Gasteiger partial charge in [-0.3, -0.25) is 9.59 Å². The Hall–Kier alpha value is -1.00. The fraction of sp³-hybridized carbons (Fsp3) is 0.818. The number of ketones is 2. The van der Waals surface area contributed by atoms with Crippen molar-refractivity contribution in [2.75, 3.05) is 0 Å². The highest BCUT2D eigenvalue weighted by atomic mass is 16.1. The molecule has 2 unspecified atom stereocenters. The molecule has 0 spiro atoms. The van der Waals surface area contributed by atoms with Crippen LogP contribution in [0.3, 0.4) is 0 Å². The first-order chi connectivity index (χ1) is 12.1. The van der Waals surface area contributed by atoms with E-state index in [0.29, 0.717) is 24.3 Å². The van der Waals surface area contributed by atoms with Crippen LogP contribution in [0.2, 0.25) is 0 Å². The van der Waals surface area contributed by atoms with E-state index >= 15 is 0 Å². The predicted molar refractivity (Wildman–Crippen MR) is 112 cm³/mol. The largest absolute Gasteiger partial charge is 0.305 e. The van der Waals surface area contributed by atoms with Crippen LogP contribution in [0.1, 0.15) is 93.4 Å². The first kappa shape index (κ1) is 25.0. The minimum Gasteiger partial charge on any atom is -0.305 e. The van der Waals surface area contributed by atoms with Crippen LogP contribution < -0.4 is 10.6 Å². The highest BCUT2D eigenvalue weighted by molar-refractivity contribution is 5.87. The molecule has 2 atom stereocenters. The molecule has 0 radical (unpaired) electrons. The quantitative estimate of drug-likeness (QED) is 0.329. The number of carbonyl (C=O) groups excluding carboxylic acids is 2. The first-order valence-electron chi connectivity index (χ1n) is 10.3. The summed E-state index contributed by atoms with van der Waals surface area (Å²) in [5, 5.41) is 6.77. The Bertz CT molecular complexity index is 443. The summed E-state index contributed by atoms with van der Waals surface area (Å²) >= 11 is 0. The summed E-state index contributed by atoms with van der Waals surface area (Å²) in [6.07, 6.45) is 10.8. The zero-order valence-corrected chi connectivity index (χ0v) is 18.2. The van der Waals surface area contributed by atoms with Crippen LogP contribution in [0, 0.1) is 0 Å². The molecule has 0 heterocycles. The lowest BCUT2D eigenvalue weighted by Crippen LogP contribution is -2.52. The molecule has 0 aliphatic rings. The number of Topliss-reactive ketones (excluding diaryl/α,β-unsaturated/α-hetero) is 2. The molecule has 0 aromatic rings. The van der Waals surface area contributed by atoms with Gasteiger partial charge in [-0.05, 0) is 66.2 Å². The van der Waals surface area contributed by atoms with Gasteiger partial charge in [-0.1, -0.05) is 32.9 Å². The van der Waals surface area contributed by atoms with Crippen LogP contribution in [0.25, 0.3) is 0 Å². The second-order valence-electron chi connectivity index (χ2n) is 8.19. The Kier molecular flexibility index (Phi) is 12.7. The second kappa shape index (κ2) is 13.2.